The Kier molecular flexibility index (Phi) is 5.35. The van der Waals surface area contributed by atoms with Crippen LogP contribution in [-0.2, 0) is 4.74 Å². The van der Waals surface area contributed by atoms with E-state index in [0.717, 1.165) is 38.0 Å². The van der Waals surface area contributed by atoms with Crippen LogP contribution in [0.1, 0.15) is 58.3 Å². The number of ether oxygens (including phenoxy) is 1. The summed E-state index contributed by atoms with van der Waals surface area (Å²) >= 11 is 0. The largest absolute Gasteiger partial charge is 0.391 e. The molecule has 118 valence electrons. The molecule has 5 heteroatoms. The van der Waals surface area contributed by atoms with Crippen molar-refractivity contribution in [1.29, 1.82) is 0 Å². The van der Waals surface area contributed by atoms with Gasteiger partial charge in [-0.25, -0.2) is 0 Å². The fraction of sp³-hybridized carbons (Fsp3) is 1.00. The Morgan fingerprint density at radius 3 is 2.30 bits per heavy atom. The van der Waals surface area contributed by atoms with Crippen LogP contribution in [0, 0.1) is 5.92 Å². The van der Waals surface area contributed by atoms with Crippen LogP contribution < -0.4 is 5.32 Å². The summed E-state index contributed by atoms with van der Waals surface area (Å²) in [6.07, 6.45) is 2.53. The Morgan fingerprint density at radius 2 is 1.80 bits per heavy atom. The molecule has 2 fully saturated rings. The molecule has 0 amide bonds. The third-order valence-electron chi connectivity index (χ3n) is 4.68. The maximum Gasteiger partial charge on any atom is 0.391 e. The maximum absolute atomic E-state index is 12.3. The van der Waals surface area contributed by atoms with Crippen molar-refractivity contribution in [2.45, 2.75) is 76.1 Å². The Balaban J connectivity index is 1.82. The molecule has 2 nitrogen and oxygen atoms in total. The van der Waals surface area contributed by atoms with Crippen LogP contribution in [0.2, 0.25) is 0 Å². The molecule has 0 aromatic carbocycles. The van der Waals surface area contributed by atoms with Crippen molar-refractivity contribution in [1.82, 2.24) is 5.32 Å². The van der Waals surface area contributed by atoms with Crippen LogP contribution in [0.25, 0.3) is 0 Å². The van der Waals surface area contributed by atoms with E-state index in [9.17, 15) is 13.2 Å². The first-order valence-electron chi connectivity index (χ1n) is 7.86. The van der Waals surface area contributed by atoms with E-state index >= 15 is 0 Å². The third kappa shape index (κ3) is 5.24. The number of halogens is 3. The average Bonchev–Trinajstić information content (AvgIpc) is 3.20. The van der Waals surface area contributed by atoms with Gasteiger partial charge in [-0.15, -0.1) is 0 Å². The van der Waals surface area contributed by atoms with E-state index in [1.807, 2.05) is 0 Å². The lowest BCUT2D eigenvalue weighted by Gasteiger charge is -2.40. The van der Waals surface area contributed by atoms with Gasteiger partial charge in [0.05, 0.1) is 18.6 Å². The molecule has 0 bridgehead atoms. The van der Waals surface area contributed by atoms with Gasteiger partial charge < -0.3 is 10.1 Å². The molecule has 0 unspecified atom stereocenters. The lowest BCUT2D eigenvalue weighted by molar-refractivity contribution is -0.163. The standard InChI is InChI=1S/C15H26F3NO/c1-2-12-5-7-14(8-6-12,11-19-13-3-4-13)20-10-9-15(16,17)18/h12-13,19H,2-11H2,1H3. The zero-order valence-electron chi connectivity index (χ0n) is 12.3. The summed E-state index contributed by atoms with van der Waals surface area (Å²) in [7, 11) is 0. The summed E-state index contributed by atoms with van der Waals surface area (Å²) < 4.78 is 42.6. The van der Waals surface area contributed by atoms with E-state index in [0.29, 0.717) is 12.6 Å². The smallest absolute Gasteiger partial charge is 0.373 e. The molecule has 20 heavy (non-hydrogen) atoms. The molecular formula is C15H26F3NO. The summed E-state index contributed by atoms with van der Waals surface area (Å²) in [5.74, 6) is 0.718. The highest BCUT2D eigenvalue weighted by Gasteiger charge is 2.38. The van der Waals surface area contributed by atoms with Gasteiger partial charge in [0.2, 0.25) is 0 Å². The van der Waals surface area contributed by atoms with Crippen molar-refractivity contribution in [3.8, 4) is 0 Å². The molecule has 0 spiro atoms. The van der Waals surface area contributed by atoms with Crippen molar-refractivity contribution >= 4 is 0 Å². The minimum Gasteiger partial charge on any atom is -0.373 e. The highest BCUT2D eigenvalue weighted by atomic mass is 19.4. The average molecular weight is 293 g/mol. The number of hydrogen-bond acceptors (Lipinski definition) is 2. The lowest BCUT2D eigenvalue weighted by atomic mass is 9.77. The van der Waals surface area contributed by atoms with E-state index in [-0.39, 0.29) is 12.2 Å². The van der Waals surface area contributed by atoms with Crippen molar-refractivity contribution in [3.05, 3.63) is 0 Å². The topological polar surface area (TPSA) is 21.3 Å². The van der Waals surface area contributed by atoms with Crippen LogP contribution in [0.15, 0.2) is 0 Å². The summed E-state index contributed by atoms with van der Waals surface area (Å²) in [4.78, 5) is 0. The van der Waals surface area contributed by atoms with Gasteiger partial charge in [0.15, 0.2) is 0 Å². The Labute approximate surface area is 119 Å². The molecule has 0 aromatic rings. The van der Waals surface area contributed by atoms with Gasteiger partial charge in [0.25, 0.3) is 0 Å². The Hall–Kier alpha value is -0.290. The molecule has 0 aliphatic heterocycles. The number of nitrogens with one attached hydrogen (secondary N) is 1. The second-order valence-electron chi connectivity index (χ2n) is 6.40. The van der Waals surface area contributed by atoms with Crippen LogP contribution in [0.5, 0.6) is 0 Å². The number of hydrogen-bond donors (Lipinski definition) is 1. The summed E-state index contributed by atoms with van der Waals surface area (Å²) in [6.45, 7) is 2.70. The molecule has 2 saturated carbocycles. The Bertz CT molecular complexity index is 294. The fourth-order valence-electron chi connectivity index (χ4n) is 2.99. The molecule has 2 aliphatic carbocycles. The highest BCUT2D eigenvalue weighted by Crippen LogP contribution is 2.37. The van der Waals surface area contributed by atoms with Gasteiger partial charge in [-0.1, -0.05) is 13.3 Å². The van der Waals surface area contributed by atoms with E-state index in [1.54, 1.807) is 0 Å². The predicted octanol–water partition coefficient (Wildman–Crippen LogP) is 4.05. The van der Waals surface area contributed by atoms with Crippen LogP contribution in [0.4, 0.5) is 13.2 Å². The van der Waals surface area contributed by atoms with Crippen molar-refractivity contribution in [2.75, 3.05) is 13.2 Å². The van der Waals surface area contributed by atoms with E-state index in [2.05, 4.69) is 12.2 Å². The third-order valence-corrected chi connectivity index (χ3v) is 4.68. The van der Waals surface area contributed by atoms with Crippen LogP contribution in [0.3, 0.4) is 0 Å². The van der Waals surface area contributed by atoms with Gasteiger partial charge in [-0.05, 0) is 44.4 Å². The SMILES string of the molecule is CCC1CCC(CNC2CC2)(OCCC(F)(F)F)CC1. The minimum atomic E-state index is -4.12. The van der Waals surface area contributed by atoms with Gasteiger partial charge in [-0.2, -0.15) is 13.2 Å². The second kappa shape index (κ2) is 6.65. The normalized spacial score (nSPS) is 31.5. The van der Waals surface area contributed by atoms with Crippen LogP contribution in [-0.4, -0.2) is 31.0 Å². The molecule has 2 aliphatic rings. The predicted molar refractivity (Wildman–Crippen MR) is 72.6 cm³/mol. The Morgan fingerprint density at radius 1 is 1.15 bits per heavy atom. The highest BCUT2D eigenvalue weighted by molar-refractivity contribution is 4.92. The van der Waals surface area contributed by atoms with E-state index < -0.39 is 12.6 Å². The van der Waals surface area contributed by atoms with Gasteiger partial charge in [0.1, 0.15) is 0 Å². The molecule has 0 heterocycles. The van der Waals surface area contributed by atoms with E-state index in [1.165, 1.54) is 12.8 Å². The summed E-state index contributed by atoms with van der Waals surface area (Å²) in [5, 5.41) is 3.44. The summed E-state index contributed by atoms with van der Waals surface area (Å²) in [5.41, 5.74) is -0.362. The van der Waals surface area contributed by atoms with Gasteiger partial charge in [-0.3, -0.25) is 0 Å². The molecule has 1 N–H and O–H groups in total. The second-order valence-corrected chi connectivity index (χ2v) is 6.40. The molecule has 2 rings (SSSR count). The first-order chi connectivity index (χ1) is 9.42. The molecule has 0 saturated heterocycles. The van der Waals surface area contributed by atoms with Crippen molar-refractivity contribution in [3.63, 3.8) is 0 Å². The maximum atomic E-state index is 12.3. The zero-order valence-corrected chi connectivity index (χ0v) is 12.3. The molecule has 0 aromatic heterocycles. The van der Waals surface area contributed by atoms with E-state index in [4.69, 9.17) is 4.74 Å². The van der Waals surface area contributed by atoms with Crippen molar-refractivity contribution < 1.29 is 17.9 Å². The van der Waals surface area contributed by atoms with Gasteiger partial charge >= 0.3 is 6.18 Å². The molecule has 0 radical (unpaired) electrons. The number of alkyl halides is 3. The first-order valence-corrected chi connectivity index (χ1v) is 7.86. The van der Waals surface area contributed by atoms with Gasteiger partial charge in [0, 0.05) is 12.6 Å². The summed E-state index contributed by atoms with van der Waals surface area (Å²) in [6, 6.07) is 0.571. The fourth-order valence-corrected chi connectivity index (χ4v) is 2.99. The molecule has 0 atom stereocenters. The quantitative estimate of drug-likeness (QED) is 0.764. The molecular weight excluding hydrogens is 267 g/mol. The monoisotopic (exact) mass is 293 g/mol. The lowest BCUT2D eigenvalue weighted by Crippen LogP contribution is -2.47. The first kappa shape index (κ1) is 16.1. The van der Waals surface area contributed by atoms with Crippen LogP contribution >= 0.6 is 0 Å². The van der Waals surface area contributed by atoms with Crippen molar-refractivity contribution in [2.24, 2.45) is 5.92 Å². The zero-order chi connectivity index (χ0) is 14.6. The number of rotatable bonds is 7. The minimum absolute atomic E-state index is 0.202.